The lowest BCUT2D eigenvalue weighted by Crippen LogP contribution is -2.40. The van der Waals surface area contributed by atoms with Crippen LogP contribution in [0.2, 0.25) is 0 Å². The van der Waals surface area contributed by atoms with E-state index >= 15 is 0 Å². The Bertz CT molecular complexity index is 717. The quantitative estimate of drug-likeness (QED) is 0.503. The Morgan fingerprint density at radius 1 is 1.32 bits per heavy atom. The minimum Gasteiger partial charge on any atom is -0.548 e. The molecule has 1 amide bonds. The zero-order valence-electron chi connectivity index (χ0n) is 13.9. The average molecular weight is 380 g/mol. The van der Waals surface area contributed by atoms with Gasteiger partial charge in [0.15, 0.2) is 11.5 Å². The molecule has 0 unspecified atom stereocenters. The lowest BCUT2D eigenvalue weighted by Gasteiger charge is -2.14. The van der Waals surface area contributed by atoms with Gasteiger partial charge in [-0.3, -0.25) is 9.69 Å². The molecule has 6 nitrogen and oxygen atoms in total. The third kappa shape index (κ3) is 4.96. The molecule has 0 bridgehead atoms. The second-order valence-corrected chi connectivity index (χ2v) is 6.80. The highest BCUT2D eigenvalue weighted by Gasteiger charge is 2.31. The van der Waals surface area contributed by atoms with Crippen molar-refractivity contribution >= 4 is 46.3 Å². The summed E-state index contributed by atoms with van der Waals surface area (Å²) in [6.07, 6.45) is 2.54. The second kappa shape index (κ2) is 8.87. The number of ether oxygens (including phenoxy) is 2. The van der Waals surface area contributed by atoms with Crippen molar-refractivity contribution in [3.8, 4) is 11.5 Å². The summed E-state index contributed by atoms with van der Waals surface area (Å²) < 4.78 is 11.4. The fourth-order valence-electron chi connectivity index (χ4n) is 2.13. The van der Waals surface area contributed by atoms with Crippen LogP contribution in [0.25, 0.3) is 6.08 Å². The molecule has 134 valence electrons. The number of carbonyl (C=O) groups is 2. The summed E-state index contributed by atoms with van der Waals surface area (Å²) in [5.41, 5.74) is 0.737. The van der Waals surface area contributed by atoms with Crippen LogP contribution in [0.4, 0.5) is 0 Å². The fraction of sp³-hybridized carbons (Fsp3) is 0.353. The molecule has 1 saturated heterocycles. The molecule has 0 saturated carbocycles. The largest absolute Gasteiger partial charge is 0.548 e. The number of carboxylic acids is 1. The third-order valence-corrected chi connectivity index (χ3v) is 4.57. The van der Waals surface area contributed by atoms with Gasteiger partial charge >= 0.3 is 0 Å². The maximum Gasteiger partial charge on any atom is 0.266 e. The van der Waals surface area contributed by atoms with E-state index < -0.39 is 18.4 Å². The molecule has 2 rings (SSSR count). The van der Waals surface area contributed by atoms with Gasteiger partial charge in [-0.25, -0.2) is 0 Å². The van der Waals surface area contributed by atoms with Gasteiger partial charge in [0, 0.05) is 0 Å². The second-order valence-electron chi connectivity index (χ2n) is 5.13. The van der Waals surface area contributed by atoms with Gasteiger partial charge < -0.3 is 19.4 Å². The van der Waals surface area contributed by atoms with Crippen LogP contribution in [0.1, 0.15) is 25.8 Å². The van der Waals surface area contributed by atoms with Crippen molar-refractivity contribution in [2.24, 2.45) is 0 Å². The Kier molecular flexibility index (Phi) is 6.83. The van der Waals surface area contributed by atoms with E-state index in [-0.39, 0.29) is 4.32 Å². The van der Waals surface area contributed by atoms with Gasteiger partial charge in [0.25, 0.3) is 5.91 Å². The summed E-state index contributed by atoms with van der Waals surface area (Å²) in [7, 11) is 0. The summed E-state index contributed by atoms with van der Waals surface area (Å²) >= 11 is 6.12. The summed E-state index contributed by atoms with van der Waals surface area (Å²) in [6.45, 7) is 4.42. The van der Waals surface area contributed by atoms with Crippen LogP contribution in [0.15, 0.2) is 23.1 Å². The smallest absolute Gasteiger partial charge is 0.266 e. The molecule has 1 heterocycles. The normalized spacial score (nSPS) is 15.8. The molecular weight excluding hydrogens is 362 g/mol. The molecule has 1 aliphatic rings. The number of amides is 1. The number of carboxylic acid groups (broad SMARTS) is 1. The fourth-order valence-corrected chi connectivity index (χ4v) is 3.39. The van der Waals surface area contributed by atoms with Gasteiger partial charge in [-0.1, -0.05) is 37.0 Å². The Labute approximate surface area is 155 Å². The maximum atomic E-state index is 12.3. The Balaban J connectivity index is 2.25. The number of benzene rings is 1. The van der Waals surface area contributed by atoms with Crippen molar-refractivity contribution in [2.45, 2.75) is 20.3 Å². The van der Waals surface area contributed by atoms with E-state index in [4.69, 9.17) is 21.7 Å². The van der Waals surface area contributed by atoms with E-state index in [1.54, 1.807) is 24.3 Å². The molecule has 0 radical (unpaired) electrons. The van der Waals surface area contributed by atoms with Crippen LogP contribution in [0.3, 0.4) is 0 Å². The molecule has 1 aliphatic heterocycles. The number of carbonyl (C=O) groups excluding carboxylic acids is 2. The Morgan fingerprint density at radius 2 is 2.08 bits per heavy atom. The number of hydrogen-bond acceptors (Lipinski definition) is 7. The van der Waals surface area contributed by atoms with Crippen LogP contribution in [-0.4, -0.2) is 40.9 Å². The van der Waals surface area contributed by atoms with Crippen LogP contribution in [0.5, 0.6) is 11.5 Å². The minimum absolute atomic E-state index is 0.202. The van der Waals surface area contributed by atoms with Crippen LogP contribution < -0.4 is 14.6 Å². The van der Waals surface area contributed by atoms with Crippen molar-refractivity contribution in [1.82, 2.24) is 4.90 Å². The average Bonchev–Trinajstić information content (AvgIpc) is 2.81. The summed E-state index contributed by atoms with van der Waals surface area (Å²) in [5.74, 6) is -0.558. The predicted molar refractivity (Wildman–Crippen MR) is 98.3 cm³/mol. The molecule has 0 atom stereocenters. The first-order chi connectivity index (χ1) is 12.0. The molecule has 1 fully saturated rings. The summed E-state index contributed by atoms with van der Waals surface area (Å²) in [5, 5.41) is 10.7. The first-order valence-electron chi connectivity index (χ1n) is 7.81. The molecule has 0 aromatic heterocycles. The SMILES string of the molecule is CCCOc1ccc(/C=C2/SC(=S)N(CC(=O)[O-])C2=O)cc1OCC. The van der Waals surface area contributed by atoms with Gasteiger partial charge in [-0.2, -0.15) is 0 Å². The Hall–Kier alpha value is -2.06. The third-order valence-electron chi connectivity index (χ3n) is 3.19. The van der Waals surface area contributed by atoms with Crippen molar-refractivity contribution in [2.75, 3.05) is 19.8 Å². The predicted octanol–water partition coefficient (Wildman–Crippen LogP) is 1.83. The molecule has 25 heavy (non-hydrogen) atoms. The van der Waals surface area contributed by atoms with E-state index in [1.807, 2.05) is 13.8 Å². The van der Waals surface area contributed by atoms with Gasteiger partial charge in [0.05, 0.1) is 30.6 Å². The molecule has 0 spiro atoms. The molecule has 1 aromatic rings. The van der Waals surface area contributed by atoms with Crippen molar-refractivity contribution in [3.05, 3.63) is 28.7 Å². The number of aliphatic carboxylic acids is 1. The number of thioether (sulfide) groups is 1. The van der Waals surface area contributed by atoms with Crippen molar-refractivity contribution in [1.29, 1.82) is 0 Å². The van der Waals surface area contributed by atoms with Gasteiger partial charge in [0.2, 0.25) is 0 Å². The van der Waals surface area contributed by atoms with E-state index in [0.717, 1.165) is 28.6 Å². The highest BCUT2D eigenvalue weighted by molar-refractivity contribution is 8.26. The van der Waals surface area contributed by atoms with Gasteiger partial charge in [-0.05, 0) is 37.1 Å². The summed E-state index contributed by atoms with van der Waals surface area (Å²) in [4.78, 5) is 24.4. The number of nitrogens with zero attached hydrogens (tertiary/aromatic N) is 1. The number of thiocarbonyl (C=S) groups is 1. The van der Waals surface area contributed by atoms with Crippen molar-refractivity contribution in [3.63, 3.8) is 0 Å². The van der Waals surface area contributed by atoms with Crippen LogP contribution in [0, 0.1) is 0 Å². The molecule has 0 aliphatic carbocycles. The lowest BCUT2D eigenvalue weighted by atomic mass is 10.2. The van der Waals surface area contributed by atoms with Crippen molar-refractivity contribution < 1.29 is 24.2 Å². The minimum atomic E-state index is -1.35. The van der Waals surface area contributed by atoms with Gasteiger partial charge in [-0.15, -0.1) is 0 Å². The molecule has 8 heteroatoms. The number of hydrogen-bond donors (Lipinski definition) is 0. The summed E-state index contributed by atoms with van der Waals surface area (Å²) in [6, 6.07) is 5.37. The monoisotopic (exact) mass is 380 g/mol. The van der Waals surface area contributed by atoms with E-state index in [0.29, 0.717) is 29.6 Å². The standard InChI is InChI=1S/C17H19NO5S2/c1-3-7-23-12-6-5-11(8-13(12)22-4-2)9-14-16(21)18(10-15(19)20)17(24)25-14/h5-6,8-9H,3-4,7,10H2,1-2H3,(H,19,20)/p-1/b14-9+. The van der Waals surface area contributed by atoms with E-state index in [2.05, 4.69) is 0 Å². The maximum absolute atomic E-state index is 12.3. The molecule has 0 N–H and O–H groups in total. The Morgan fingerprint density at radius 3 is 2.72 bits per heavy atom. The zero-order valence-corrected chi connectivity index (χ0v) is 15.6. The highest BCUT2D eigenvalue weighted by atomic mass is 32.2. The molecular formula is C17H18NO5S2-. The van der Waals surface area contributed by atoms with Gasteiger partial charge in [0.1, 0.15) is 4.32 Å². The number of rotatable bonds is 8. The molecule has 1 aromatic carbocycles. The lowest BCUT2D eigenvalue weighted by molar-refractivity contribution is -0.305. The highest BCUT2D eigenvalue weighted by Crippen LogP contribution is 2.34. The van der Waals surface area contributed by atoms with E-state index in [9.17, 15) is 14.7 Å². The zero-order chi connectivity index (χ0) is 18.4. The van der Waals surface area contributed by atoms with Crippen LogP contribution >= 0.6 is 24.0 Å². The van der Waals surface area contributed by atoms with E-state index in [1.165, 1.54) is 0 Å². The first kappa shape index (κ1) is 19.3. The first-order valence-corrected chi connectivity index (χ1v) is 9.03. The topological polar surface area (TPSA) is 78.9 Å². The van der Waals surface area contributed by atoms with Crippen LogP contribution in [-0.2, 0) is 9.59 Å².